The molecule has 1 amide bonds. The van der Waals surface area contributed by atoms with Crippen LogP contribution in [0.4, 0.5) is 29.7 Å². The van der Waals surface area contributed by atoms with Crippen LogP contribution in [0.1, 0.15) is 32.1 Å². The fraction of sp³-hybridized carbons (Fsp3) is 0.118. The summed E-state index contributed by atoms with van der Waals surface area (Å²) < 4.78 is 42.4. The number of carbonyl (C=O) groups is 2. The Morgan fingerprint density at radius 2 is 1.83 bits per heavy atom. The molecule has 8 nitrogen and oxygen atoms in total. The first-order valence-corrected chi connectivity index (χ1v) is 8.69. The van der Waals surface area contributed by atoms with Gasteiger partial charge in [0, 0.05) is 5.69 Å². The maximum Gasteiger partial charge on any atom is 0.434 e. The third-order valence-electron chi connectivity index (χ3n) is 3.65. The number of aryl methyl sites for hydroxylation is 1. The highest BCUT2D eigenvalue weighted by Crippen LogP contribution is 2.31. The van der Waals surface area contributed by atoms with E-state index >= 15 is 0 Å². The summed E-state index contributed by atoms with van der Waals surface area (Å²) in [6.45, 7) is 1.57. The molecule has 0 unspecified atom stereocenters. The van der Waals surface area contributed by atoms with Crippen LogP contribution in [0.25, 0.3) is 0 Å². The van der Waals surface area contributed by atoms with E-state index in [0.717, 1.165) is 17.7 Å². The number of carboxylic acids is 1. The van der Waals surface area contributed by atoms with Crippen molar-refractivity contribution >= 4 is 39.9 Å². The van der Waals surface area contributed by atoms with E-state index in [0.29, 0.717) is 17.6 Å². The number of alkyl halides is 3. The molecule has 0 spiro atoms. The minimum absolute atomic E-state index is 0.0573. The lowest BCUT2D eigenvalue weighted by molar-refractivity contribution is -0.141. The Morgan fingerprint density at radius 1 is 1.14 bits per heavy atom. The van der Waals surface area contributed by atoms with Crippen LogP contribution in [-0.4, -0.2) is 31.3 Å². The smallest absolute Gasteiger partial charge is 0.434 e. The highest BCUT2D eigenvalue weighted by molar-refractivity contribution is 7.10. The van der Waals surface area contributed by atoms with Crippen LogP contribution in [0.3, 0.4) is 0 Å². The predicted octanol–water partition coefficient (Wildman–Crippen LogP) is 3.95. The molecule has 150 valence electrons. The minimum Gasteiger partial charge on any atom is -0.478 e. The van der Waals surface area contributed by atoms with Gasteiger partial charge in [0.05, 0.1) is 29.2 Å². The van der Waals surface area contributed by atoms with E-state index in [1.807, 2.05) is 0 Å². The Hall–Kier alpha value is -3.54. The van der Waals surface area contributed by atoms with E-state index < -0.39 is 23.7 Å². The average molecular weight is 423 g/mol. The zero-order chi connectivity index (χ0) is 21.2. The molecule has 0 fully saturated rings. The lowest BCUT2D eigenvalue weighted by atomic mass is 10.2. The molecule has 0 saturated carbocycles. The van der Waals surface area contributed by atoms with Crippen LogP contribution in [-0.2, 0) is 6.18 Å². The van der Waals surface area contributed by atoms with Crippen LogP contribution in [0, 0.1) is 6.92 Å². The van der Waals surface area contributed by atoms with Gasteiger partial charge in [0.25, 0.3) is 5.91 Å². The first kappa shape index (κ1) is 20.2. The van der Waals surface area contributed by atoms with E-state index in [-0.39, 0.29) is 21.9 Å². The maximum atomic E-state index is 12.8. The largest absolute Gasteiger partial charge is 0.478 e. The summed E-state index contributed by atoms with van der Waals surface area (Å²) in [6.07, 6.45) is -2.97. The van der Waals surface area contributed by atoms with Crippen LogP contribution < -0.4 is 10.6 Å². The number of amides is 1. The molecule has 2 heterocycles. The quantitative estimate of drug-likeness (QED) is 0.569. The fourth-order valence-electron chi connectivity index (χ4n) is 2.29. The number of hydrogen-bond donors (Lipinski definition) is 3. The van der Waals surface area contributed by atoms with Crippen molar-refractivity contribution in [2.45, 2.75) is 13.1 Å². The number of aromatic nitrogens is 3. The average Bonchev–Trinajstić information content (AvgIpc) is 3.02. The van der Waals surface area contributed by atoms with E-state index in [9.17, 15) is 22.8 Å². The van der Waals surface area contributed by atoms with Gasteiger partial charge in [0.15, 0.2) is 5.69 Å². The molecule has 3 N–H and O–H groups in total. The zero-order valence-corrected chi connectivity index (χ0v) is 15.4. The molecule has 0 aliphatic heterocycles. The van der Waals surface area contributed by atoms with Crippen LogP contribution in [0.5, 0.6) is 0 Å². The Morgan fingerprint density at radius 3 is 2.45 bits per heavy atom. The van der Waals surface area contributed by atoms with Gasteiger partial charge in [-0.15, -0.1) is 0 Å². The topological polar surface area (TPSA) is 117 Å². The van der Waals surface area contributed by atoms with Gasteiger partial charge in [-0.2, -0.15) is 17.5 Å². The number of hydrogen-bond acceptors (Lipinski definition) is 7. The number of rotatable bonds is 5. The van der Waals surface area contributed by atoms with Crippen molar-refractivity contribution in [3.05, 3.63) is 59.2 Å². The monoisotopic (exact) mass is 423 g/mol. The molecule has 3 aromatic rings. The Labute approximate surface area is 165 Å². The molecule has 1 aromatic carbocycles. The van der Waals surface area contributed by atoms with E-state index in [1.54, 1.807) is 6.92 Å². The van der Waals surface area contributed by atoms with E-state index in [1.165, 1.54) is 24.3 Å². The van der Waals surface area contributed by atoms with Gasteiger partial charge in [-0.1, -0.05) is 0 Å². The summed E-state index contributed by atoms with van der Waals surface area (Å²) in [5.41, 5.74) is -0.292. The summed E-state index contributed by atoms with van der Waals surface area (Å²) in [7, 11) is 0. The van der Waals surface area contributed by atoms with Crippen molar-refractivity contribution in [1.29, 1.82) is 0 Å². The predicted molar refractivity (Wildman–Crippen MR) is 98.5 cm³/mol. The number of carboxylic acid groups (broad SMARTS) is 1. The lowest BCUT2D eigenvalue weighted by Crippen LogP contribution is -2.15. The van der Waals surface area contributed by atoms with Gasteiger partial charge in [0.1, 0.15) is 10.8 Å². The number of anilines is 3. The molecule has 2 aromatic heterocycles. The Kier molecular flexibility index (Phi) is 5.46. The molecule has 29 heavy (non-hydrogen) atoms. The van der Waals surface area contributed by atoms with Gasteiger partial charge in [-0.05, 0) is 42.7 Å². The molecule has 0 atom stereocenters. The first-order valence-electron chi connectivity index (χ1n) is 7.92. The summed E-state index contributed by atoms with van der Waals surface area (Å²) in [6, 6.07) is 5.49. The van der Waals surface area contributed by atoms with Crippen molar-refractivity contribution < 1.29 is 27.9 Å². The van der Waals surface area contributed by atoms with Gasteiger partial charge < -0.3 is 15.7 Å². The number of benzene rings is 1. The van der Waals surface area contributed by atoms with Crippen molar-refractivity contribution in [1.82, 2.24) is 14.3 Å². The van der Waals surface area contributed by atoms with Crippen molar-refractivity contribution in [2.75, 3.05) is 10.6 Å². The number of halogens is 3. The summed E-state index contributed by atoms with van der Waals surface area (Å²) >= 11 is 0.881. The van der Waals surface area contributed by atoms with Crippen LogP contribution >= 0.6 is 11.5 Å². The summed E-state index contributed by atoms with van der Waals surface area (Å²) in [4.78, 5) is 30.5. The number of nitrogens with zero attached hydrogens (tertiary/aromatic N) is 3. The summed E-state index contributed by atoms with van der Waals surface area (Å²) in [5.74, 6) is -1.86. The third-order valence-corrected chi connectivity index (χ3v) is 4.50. The van der Waals surface area contributed by atoms with Gasteiger partial charge >= 0.3 is 12.1 Å². The molecule has 3 rings (SSSR count). The number of nitrogens with one attached hydrogen (secondary N) is 2. The van der Waals surface area contributed by atoms with E-state index in [2.05, 4.69) is 25.0 Å². The molecule has 12 heteroatoms. The fourth-order valence-corrected chi connectivity index (χ4v) is 3.09. The van der Waals surface area contributed by atoms with Gasteiger partial charge in [0.2, 0.25) is 0 Å². The standard InChI is InChI=1S/C17H12F3N5O3S/c1-8-13(14(26)22-10-4-2-9(3-5-10)16(27)28)15(29-25-8)24-12-7-21-6-11(23-12)17(18,19)20/h2-7H,1H3,(H,22,26)(H,23,24)(H,27,28). The van der Waals surface area contributed by atoms with Crippen LogP contribution in [0.15, 0.2) is 36.7 Å². The Balaban J connectivity index is 1.82. The number of carbonyl (C=O) groups excluding carboxylic acids is 1. The Bertz CT molecular complexity index is 1070. The third kappa shape index (κ3) is 4.66. The van der Waals surface area contributed by atoms with E-state index in [4.69, 9.17) is 5.11 Å². The van der Waals surface area contributed by atoms with Crippen molar-refractivity contribution in [3.63, 3.8) is 0 Å². The summed E-state index contributed by atoms with van der Waals surface area (Å²) in [5, 5.41) is 14.3. The molecular weight excluding hydrogens is 411 g/mol. The highest BCUT2D eigenvalue weighted by atomic mass is 32.1. The number of aromatic carboxylic acids is 1. The second kappa shape index (κ2) is 7.83. The minimum atomic E-state index is -4.66. The molecule has 0 saturated heterocycles. The zero-order valence-electron chi connectivity index (χ0n) is 14.6. The first-order chi connectivity index (χ1) is 13.6. The molecule has 0 radical (unpaired) electrons. The van der Waals surface area contributed by atoms with Crippen LogP contribution in [0.2, 0.25) is 0 Å². The second-order valence-electron chi connectivity index (χ2n) is 5.72. The lowest BCUT2D eigenvalue weighted by Gasteiger charge is -2.10. The normalized spacial score (nSPS) is 11.2. The molecule has 0 aliphatic carbocycles. The van der Waals surface area contributed by atoms with Crippen molar-refractivity contribution in [3.8, 4) is 0 Å². The maximum absolute atomic E-state index is 12.8. The van der Waals surface area contributed by atoms with Gasteiger partial charge in [-0.25, -0.2) is 9.78 Å². The molecular formula is C17H12F3N5O3S. The second-order valence-corrected chi connectivity index (χ2v) is 6.49. The molecule has 0 bridgehead atoms. The van der Waals surface area contributed by atoms with Gasteiger partial charge in [-0.3, -0.25) is 9.78 Å². The molecule has 0 aliphatic rings. The SMILES string of the molecule is Cc1nsc(Nc2cncc(C(F)(F)F)n2)c1C(=O)Nc1ccc(C(=O)O)cc1. The van der Waals surface area contributed by atoms with Crippen molar-refractivity contribution in [2.24, 2.45) is 0 Å². The highest BCUT2D eigenvalue weighted by Gasteiger charge is 2.33.